The summed E-state index contributed by atoms with van der Waals surface area (Å²) in [5.74, 6) is -2.91. The Hall–Kier alpha value is -3.23. The van der Waals surface area contributed by atoms with E-state index >= 15 is 0 Å². The van der Waals surface area contributed by atoms with Crippen molar-refractivity contribution in [3.8, 4) is 0 Å². The summed E-state index contributed by atoms with van der Waals surface area (Å²) in [6, 6.07) is 5.72. The predicted molar refractivity (Wildman–Crippen MR) is 86.9 cm³/mol. The number of halogens is 5. The first-order valence-electron chi connectivity index (χ1n) is 7.58. The van der Waals surface area contributed by atoms with Gasteiger partial charge in [0.1, 0.15) is 11.6 Å². The molecule has 9 heteroatoms. The molecule has 0 fully saturated rings. The number of aromatic nitrogens is 2. The third-order valence-electron chi connectivity index (χ3n) is 3.83. The summed E-state index contributed by atoms with van der Waals surface area (Å²) in [5, 5.41) is 13.1. The number of rotatable bonds is 4. The maximum absolute atomic E-state index is 13.9. The Bertz CT molecular complexity index is 1050. The van der Waals surface area contributed by atoms with Crippen LogP contribution in [0.2, 0.25) is 0 Å². The van der Waals surface area contributed by atoms with Crippen LogP contribution in [-0.2, 0) is 17.5 Å². The van der Waals surface area contributed by atoms with Crippen molar-refractivity contribution in [3.05, 3.63) is 70.9 Å². The molecule has 0 aliphatic carbocycles. The molecule has 0 unspecified atom stereocenters. The molecule has 0 spiro atoms. The fraction of sp³-hybridized carbons (Fsp3) is 0.111. The van der Waals surface area contributed by atoms with Gasteiger partial charge in [0.05, 0.1) is 23.3 Å². The van der Waals surface area contributed by atoms with Crippen LogP contribution in [0.3, 0.4) is 0 Å². The maximum Gasteiger partial charge on any atom is 0.416 e. The van der Waals surface area contributed by atoms with E-state index in [1.165, 1.54) is 12.1 Å². The van der Waals surface area contributed by atoms with Gasteiger partial charge in [-0.2, -0.15) is 18.3 Å². The number of nitrogens with zero attached hydrogens (tertiary/aromatic N) is 2. The maximum atomic E-state index is 13.9. The summed E-state index contributed by atoms with van der Waals surface area (Å²) in [6.07, 6.45) is -2.67. The largest absolute Gasteiger partial charge is 0.478 e. The summed E-state index contributed by atoms with van der Waals surface area (Å²) in [6.45, 7) is -0.259. The Balaban J connectivity index is 2.15. The zero-order valence-corrected chi connectivity index (χ0v) is 13.5. The van der Waals surface area contributed by atoms with Gasteiger partial charge >= 0.3 is 12.1 Å². The number of carboxylic acid groups (broad SMARTS) is 1. The molecule has 0 aliphatic heterocycles. The van der Waals surface area contributed by atoms with Gasteiger partial charge in [0.2, 0.25) is 0 Å². The highest BCUT2D eigenvalue weighted by Gasteiger charge is 2.31. The van der Waals surface area contributed by atoms with Gasteiger partial charge < -0.3 is 5.11 Å². The molecule has 3 aromatic rings. The van der Waals surface area contributed by atoms with Crippen LogP contribution in [-0.4, -0.2) is 20.9 Å². The fourth-order valence-electron chi connectivity index (χ4n) is 2.58. The normalized spacial score (nSPS) is 12.2. The Labute approximate surface area is 149 Å². The molecule has 1 N–H and O–H groups in total. The van der Waals surface area contributed by atoms with Crippen molar-refractivity contribution in [2.24, 2.45) is 0 Å². The fourth-order valence-corrected chi connectivity index (χ4v) is 2.58. The van der Waals surface area contributed by atoms with E-state index in [0.717, 1.165) is 35.0 Å². The molecule has 0 saturated carbocycles. The number of alkyl halides is 3. The first kappa shape index (κ1) is 18.6. The summed E-state index contributed by atoms with van der Waals surface area (Å²) >= 11 is 0. The summed E-state index contributed by atoms with van der Waals surface area (Å²) < 4.78 is 67.1. The average Bonchev–Trinajstić information content (AvgIpc) is 2.92. The smallest absolute Gasteiger partial charge is 0.416 e. The zero-order chi connectivity index (χ0) is 19.8. The van der Waals surface area contributed by atoms with E-state index in [1.54, 1.807) is 0 Å². The predicted octanol–water partition coefficient (Wildman–Crippen LogP) is 4.48. The van der Waals surface area contributed by atoms with Gasteiger partial charge in [0.15, 0.2) is 0 Å². The summed E-state index contributed by atoms with van der Waals surface area (Å²) in [7, 11) is 0. The van der Waals surface area contributed by atoms with Crippen molar-refractivity contribution in [2.45, 2.75) is 12.7 Å². The van der Waals surface area contributed by atoms with E-state index in [1.807, 2.05) is 0 Å². The number of carboxylic acids is 1. The molecule has 0 atom stereocenters. The van der Waals surface area contributed by atoms with Gasteiger partial charge in [-0.15, -0.1) is 0 Å². The van der Waals surface area contributed by atoms with Crippen molar-refractivity contribution in [1.29, 1.82) is 0 Å². The second-order valence-electron chi connectivity index (χ2n) is 5.68. The molecule has 0 aliphatic rings. The van der Waals surface area contributed by atoms with Crippen molar-refractivity contribution in [1.82, 2.24) is 9.78 Å². The van der Waals surface area contributed by atoms with Crippen LogP contribution in [0.4, 0.5) is 22.0 Å². The topological polar surface area (TPSA) is 55.1 Å². The number of aliphatic carboxylic acids is 1. The molecular formula is C18H11F5N2O2. The molecule has 3 rings (SSSR count). The van der Waals surface area contributed by atoms with E-state index in [0.29, 0.717) is 6.07 Å². The van der Waals surface area contributed by atoms with Crippen molar-refractivity contribution >= 4 is 22.9 Å². The van der Waals surface area contributed by atoms with Gasteiger partial charge in [0, 0.05) is 23.1 Å². The van der Waals surface area contributed by atoms with Crippen LogP contribution in [0.1, 0.15) is 16.8 Å². The van der Waals surface area contributed by atoms with Gasteiger partial charge in [-0.25, -0.2) is 13.6 Å². The average molecular weight is 382 g/mol. The molecule has 1 aromatic heterocycles. The van der Waals surface area contributed by atoms with E-state index in [-0.39, 0.29) is 28.7 Å². The third-order valence-corrected chi connectivity index (χ3v) is 3.83. The highest BCUT2D eigenvalue weighted by Crippen LogP contribution is 2.32. The first-order valence-corrected chi connectivity index (χ1v) is 7.58. The second kappa shape index (κ2) is 6.82. The molecule has 27 heavy (non-hydrogen) atoms. The number of hydrogen-bond acceptors (Lipinski definition) is 2. The van der Waals surface area contributed by atoms with Crippen molar-refractivity contribution in [3.63, 3.8) is 0 Å². The summed E-state index contributed by atoms with van der Waals surface area (Å²) in [5.41, 5.74) is -0.751. The lowest BCUT2D eigenvalue weighted by Gasteiger charge is -2.08. The lowest BCUT2D eigenvalue weighted by atomic mass is 10.1. The van der Waals surface area contributed by atoms with Crippen molar-refractivity contribution in [2.75, 3.05) is 0 Å². The molecule has 0 bridgehead atoms. The van der Waals surface area contributed by atoms with Gasteiger partial charge in [-0.1, -0.05) is 6.07 Å². The first-order chi connectivity index (χ1) is 12.6. The van der Waals surface area contributed by atoms with E-state index < -0.39 is 29.3 Å². The van der Waals surface area contributed by atoms with Crippen LogP contribution in [0, 0.1) is 11.6 Å². The third kappa shape index (κ3) is 3.97. The highest BCUT2D eigenvalue weighted by molar-refractivity contribution is 5.92. The lowest BCUT2D eigenvalue weighted by molar-refractivity contribution is -0.137. The van der Waals surface area contributed by atoms with Crippen LogP contribution in [0.15, 0.2) is 42.5 Å². The minimum absolute atomic E-state index is 0.0203. The Morgan fingerprint density at radius 1 is 1.15 bits per heavy atom. The van der Waals surface area contributed by atoms with Crippen LogP contribution < -0.4 is 0 Å². The molecular weight excluding hydrogens is 371 g/mol. The molecule has 140 valence electrons. The zero-order valence-electron chi connectivity index (χ0n) is 13.5. The molecule has 0 amide bonds. The Morgan fingerprint density at radius 2 is 1.89 bits per heavy atom. The van der Waals surface area contributed by atoms with Crippen molar-refractivity contribution < 1.29 is 31.9 Å². The molecule has 0 radical (unpaired) electrons. The number of carbonyl (C=O) groups is 1. The van der Waals surface area contributed by atoms with E-state index in [9.17, 15) is 26.7 Å². The summed E-state index contributed by atoms with van der Waals surface area (Å²) in [4.78, 5) is 10.7. The second-order valence-corrected chi connectivity index (χ2v) is 5.68. The lowest BCUT2D eigenvalue weighted by Crippen LogP contribution is -2.07. The standard InChI is InChI=1S/C18H11F5N2O2/c19-12-3-1-10(14(20)8-12)9-25-16-7-11(18(21,22)23)2-4-13(16)15(24-25)5-6-17(26)27/h1-8H,9H2,(H,26,27)/b6-5+. The minimum atomic E-state index is -4.60. The van der Waals surface area contributed by atoms with E-state index in [4.69, 9.17) is 5.11 Å². The quantitative estimate of drug-likeness (QED) is 0.535. The number of fused-ring (bicyclic) bond motifs is 1. The van der Waals surface area contributed by atoms with Gasteiger partial charge in [-0.05, 0) is 30.3 Å². The Morgan fingerprint density at radius 3 is 2.52 bits per heavy atom. The van der Waals surface area contributed by atoms with Crippen LogP contribution in [0.5, 0.6) is 0 Å². The van der Waals surface area contributed by atoms with E-state index in [2.05, 4.69) is 5.10 Å². The highest BCUT2D eigenvalue weighted by atomic mass is 19.4. The molecule has 1 heterocycles. The van der Waals surface area contributed by atoms with Crippen LogP contribution >= 0.6 is 0 Å². The molecule has 0 saturated heterocycles. The van der Waals surface area contributed by atoms with Crippen LogP contribution in [0.25, 0.3) is 17.0 Å². The molecule has 2 aromatic carbocycles. The Kier molecular flexibility index (Phi) is 4.69. The molecule has 4 nitrogen and oxygen atoms in total. The van der Waals surface area contributed by atoms with Gasteiger partial charge in [-0.3, -0.25) is 4.68 Å². The SMILES string of the molecule is O=C(O)/C=C/c1nn(Cc2ccc(F)cc2F)c2cc(C(F)(F)F)ccc12. The van der Waals surface area contributed by atoms with Gasteiger partial charge in [0.25, 0.3) is 0 Å². The minimum Gasteiger partial charge on any atom is -0.478 e. The number of benzene rings is 2. The monoisotopic (exact) mass is 382 g/mol. The number of hydrogen-bond donors (Lipinski definition) is 1.